The van der Waals surface area contributed by atoms with Gasteiger partial charge < -0.3 is 4.74 Å². The molecule has 4 aliphatic rings. The second-order valence-electron chi connectivity index (χ2n) is 14.1. The van der Waals surface area contributed by atoms with E-state index in [2.05, 4.69) is 71.9 Å². The quantitative estimate of drug-likeness (QED) is 0.130. The molecule has 0 bridgehead atoms. The molecule has 0 spiro atoms. The molecule has 0 N–H and O–H groups in total. The maximum Gasteiger partial charge on any atom is 0.338 e. The van der Waals surface area contributed by atoms with Gasteiger partial charge in [-0.1, -0.05) is 77.5 Å². The first-order chi connectivity index (χ1) is 20.2. The number of nitro benzene ring substituents is 2. The zero-order valence-electron chi connectivity index (χ0n) is 26.2. The van der Waals surface area contributed by atoms with E-state index in [1.807, 2.05) is 0 Å². The maximum atomic E-state index is 13.0. The molecule has 8 heteroatoms. The van der Waals surface area contributed by atoms with Gasteiger partial charge in [0, 0.05) is 24.0 Å². The molecule has 0 aliphatic heterocycles. The number of rotatable bonds is 8. The highest BCUT2D eigenvalue weighted by Gasteiger charge is 2.54. The Bertz CT molecular complexity index is 1420. The van der Waals surface area contributed by atoms with Crippen LogP contribution in [0.15, 0.2) is 65.3 Å². The Morgan fingerprint density at radius 3 is 2.28 bits per heavy atom. The third-order valence-electron chi connectivity index (χ3n) is 11.3. The van der Waals surface area contributed by atoms with E-state index in [4.69, 9.17) is 4.74 Å². The van der Waals surface area contributed by atoms with Crippen molar-refractivity contribution in [2.75, 3.05) is 0 Å². The molecule has 5 rings (SSSR count). The van der Waals surface area contributed by atoms with E-state index in [1.165, 1.54) is 29.6 Å². The van der Waals surface area contributed by atoms with E-state index in [-0.39, 0.29) is 16.4 Å². The van der Waals surface area contributed by atoms with Gasteiger partial charge in [-0.3, -0.25) is 20.2 Å². The number of hydrogen-bond acceptors (Lipinski definition) is 6. The van der Waals surface area contributed by atoms with Crippen LogP contribution in [0.25, 0.3) is 0 Å². The molecule has 0 aromatic heterocycles. The SMILES string of the molecule is CC(C)[C@@H](C)/C=C/[C@@H](C)[C@H]1CC[C@H]2C3=CC=C4C[C@@H](OC(=O)c5cc([N+](=O)[O-])cc([N+](=O)[O-])c5)CC[C@]4(C)C3=CC[C@]12C. The molecule has 0 saturated heterocycles. The Morgan fingerprint density at radius 2 is 1.65 bits per heavy atom. The number of esters is 1. The maximum absolute atomic E-state index is 13.0. The summed E-state index contributed by atoms with van der Waals surface area (Å²) in [4.78, 5) is 34.0. The molecule has 230 valence electrons. The van der Waals surface area contributed by atoms with Crippen molar-refractivity contribution in [2.24, 2.45) is 40.4 Å². The number of carbonyl (C=O) groups excluding carboxylic acids is 1. The first-order valence-corrected chi connectivity index (χ1v) is 15.7. The predicted molar refractivity (Wildman–Crippen MR) is 166 cm³/mol. The fraction of sp³-hybridized carbons (Fsp3) is 0.571. The van der Waals surface area contributed by atoms with Gasteiger partial charge in [-0.25, -0.2) is 4.79 Å². The van der Waals surface area contributed by atoms with Crippen LogP contribution in [-0.4, -0.2) is 21.9 Å². The minimum Gasteiger partial charge on any atom is -0.458 e. The van der Waals surface area contributed by atoms with Crippen molar-refractivity contribution in [1.29, 1.82) is 0 Å². The van der Waals surface area contributed by atoms with Crippen LogP contribution in [0.5, 0.6) is 0 Å². The molecule has 0 heterocycles. The average molecular weight is 589 g/mol. The summed E-state index contributed by atoms with van der Waals surface area (Å²) in [6.07, 6.45) is 17.1. The highest BCUT2D eigenvalue weighted by molar-refractivity contribution is 5.91. The van der Waals surface area contributed by atoms with E-state index in [0.29, 0.717) is 42.4 Å². The lowest BCUT2D eigenvalue weighted by atomic mass is 9.54. The summed E-state index contributed by atoms with van der Waals surface area (Å²) in [5, 5.41) is 22.5. The van der Waals surface area contributed by atoms with Crippen molar-refractivity contribution in [3.8, 4) is 0 Å². The van der Waals surface area contributed by atoms with Crippen molar-refractivity contribution < 1.29 is 19.4 Å². The third-order valence-corrected chi connectivity index (χ3v) is 11.3. The van der Waals surface area contributed by atoms with Gasteiger partial charge in [0.2, 0.25) is 0 Å². The van der Waals surface area contributed by atoms with Crippen LogP contribution in [0.2, 0.25) is 0 Å². The minimum absolute atomic E-state index is 0.116. The highest BCUT2D eigenvalue weighted by atomic mass is 16.6. The number of nitrogens with zero attached hydrogens (tertiary/aromatic N) is 2. The number of carbonyl (C=O) groups is 1. The number of benzene rings is 1. The fourth-order valence-electron chi connectivity index (χ4n) is 8.19. The average Bonchev–Trinajstić information content (AvgIpc) is 3.32. The van der Waals surface area contributed by atoms with Crippen LogP contribution in [-0.2, 0) is 4.74 Å². The van der Waals surface area contributed by atoms with Gasteiger partial charge in [-0.15, -0.1) is 0 Å². The Morgan fingerprint density at radius 1 is 0.977 bits per heavy atom. The van der Waals surface area contributed by atoms with Crippen LogP contribution < -0.4 is 0 Å². The zero-order valence-corrected chi connectivity index (χ0v) is 26.2. The second-order valence-corrected chi connectivity index (χ2v) is 14.1. The van der Waals surface area contributed by atoms with Crippen LogP contribution >= 0.6 is 0 Å². The molecule has 0 amide bonds. The molecular formula is C35H44N2O6. The van der Waals surface area contributed by atoms with Gasteiger partial charge in [0.15, 0.2) is 0 Å². The topological polar surface area (TPSA) is 113 Å². The molecule has 4 aliphatic carbocycles. The van der Waals surface area contributed by atoms with Crippen LogP contribution in [0.3, 0.4) is 0 Å². The van der Waals surface area contributed by atoms with Gasteiger partial charge in [-0.2, -0.15) is 0 Å². The van der Waals surface area contributed by atoms with Gasteiger partial charge in [0.1, 0.15) is 6.10 Å². The summed E-state index contributed by atoms with van der Waals surface area (Å²) < 4.78 is 5.79. The standard InChI is InChI=1S/C35H44N2O6/c1-21(2)22(3)7-8-23(4)30-11-12-31-29-10-9-25-19-28(13-15-34(25,5)32(29)14-16-35(30,31)6)43-33(38)24-17-26(36(39)40)20-27(18-24)37(41)42/h7-10,14,17-18,20-23,28,30-31H,11-13,15-16,19H2,1-6H3/b8-7+/t22-,23+,28-,30+,31-,34-,35+/m0/s1. The lowest BCUT2D eigenvalue weighted by molar-refractivity contribution is -0.394. The fourth-order valence-corrected chi connectivity index (χ4v) is 8.19. The number of fused-ring (bicyclic) bond motifs is 5. The van der Waals surface area contributed by atoms with Crippen LogP contribution in [0, 0.1) is 60.6 Å². The normalized spacial score (nSPS) is 31.2. The van der Waals surface area contributed by atoms with Crippen LogP contribution in [0.1, 0.15) is 90.4 Å². The molecule has 43 heavy (non-hydrogen) atoms. The lowest BCUT2D eigenvalue weighted by Gasteiger charge is -2.50. The van der Waals surface area contributed by atoms with Crippen molar-refractivity contribution in [3.63, 3.8) is 0 Å². The number of allylic oxidation sites excluding steroid dienone is 7. The molecular weight excluding hydrogens is 544 g/mol. The van der Waals surface area contributed by atoms with E-state index >= 15 is 0 Å². The molecule has 2 fully saturated rings. The number of nitro groups is 2. The molecule has 1 aromatic carbocycles. The summed E-state index contributed by atoms with van der Waals surface area (Å²) in [6, 6.07) is 2.93. The Kier molecular flexibility index (Phi) is 8.27. The summed E-state index contributed by atoms with van der Waals surface area (Å²) in [5.41, 5.74) is 3.06. The summed E-state index contributed by atoms with van der Waals surface area (Å²) in [7, 11) is 0. The van der Waals surface area contributed by atoms with Gasteiger partial charge >= 0.3 is 5.97 Å². The summed E-state index contributed by atoms with van der Waals surface area (Å²) in [5.74, 6) is 2.16. The Balaban J connectivity index is 1.33. The van der Waals surface area contributed by atoms with Crippen molar-refractivity contribution in [2.45, 2.75) is 86.2 Å². The molecule has 8 nitrogen and oxygen atoms in total. The molecule has 7 atom stereocenters. The predicted octanol–water partition coefficient (Wildman–Crippen LogP) is 8.93. The summed E-state index contributed by atoms with van der Waals surface area (Å²) in [6.45, 7) is 14.1. The second kappa shape index (κ2) is 11.5. The van der Waals surface area contributed by atoms with Gasteiger partial charge in [0.05, 0.1) is 21.5 Å². The van der Waals surface area contributed by atoms with E-state index in [1.54, 1.807) is 0 Å². The monoisotopic (exact) mass is 588 g/mol. The third kappa shape index (κ3) is 5.61. The van der Waals surface area contributed by atoms with Crippen molar-refractivity contribution in [3.05, 3.63) is 91.1 Å². The number of non-ortho nitro benzene ring substituents is 2. The summed E-state index contributed by atoms with van der Waals surface area (Å²) >= 11 is 0. The largest absolute Gasteiger partial charge is 0.458 e. The van der Waals surface area contributed by atoms with Crippen LogP contribution in [0.4, 0.5) is 11.4 Å². The van der Waals surface area contributed by atoms with Gasteiger partial charge in [-0.05, 0) is 78.3 Å². The highest BCUT2D eigenvalue weighted by Crippen LogP contribution is 2.64. The molecule has 0 unspecified atom stereocenters. The molecule has 1 aromatic rings. The van der Waals surface area contributed by atoms with Crippen molar-refractivity contribution >= 4 is 17.3 Å². The number of ether oxygens (including phenoxy) is 1. The van der Waals surface area contributed by atoms with E-state index in [0.717, 1.165) is 31.0 Å². The molecule has 0 radical (unpaired) electrons. The minimum atomic E-state index is -0.774. The lowest BCUT2D eigenvalue weighted by Crippen LogP contribution is -2.41. The van der Waals surface area contributed by atoms with Gasteiger partial charge in [0.25, 0.3) is 11.4 Å². The Hall–Kier alpha value is -3.55. The van der Waals surface area contributed by atoms with Crippen molar-refractivity contribution in [1.82, 2.24) is 0 Å². The molecule has 2 saturated carbocycles. The smallest absolute Gasteiger partial charge is 0.338 e. The zero-order chi connectivity index (χ0) is 31.3. The first-order valence-electron chi connectivity index (χ1n) is 15.7. The Labute approximate surface area is 254 Å². The van der Waals surface area contributed by atoms with E-state index in [9.17, 15) is 25.0 Å². The first kappa shape index (κ1) is 30.9. The van der Waals surface area contributed by atoms with E-state index < -0.39 is 33.3 Å². The number of hydrogen-bond donors (Lipinski definition) is 0.